The third-order valence-corrected chi connectivity index (χ3v) is 7.31. The number of nitrogen functional groups attached to an aromatic ring is 1. The maximum Gasteiger partial charge on any atom is 0.212 e. The van der Waals surface area contributed by atoms with Crippen LogP contribution in [0.5, 0.6) is 11.6 Å². The van der Waals surface area contributed by atoms with Gasteiger partial charge in [-0.15, -0.1) is 0 Å². The topological polar surface area (TPSA) is 114 Å². The van der Waals surface area contributed by atoms with E-state index < -0.39 is 5.60 Å². The normalized spacial score (nSPS) is 19.4. The first kappa shape index (κ1) is 24.4. The number of piperazine rings is 1. The van der Waals surface area contributed by atoms with Crippen LogP contribution in [0.4, 0.5) is 11.5 Å². The number of piperidine rings is 1. The maximum atomic E-state index is 10.1. The molecule has 2 bridgehead atoms. The number of aromatic nitrogens is 4. The van der Waals surface area contributed by atoms with Crippen LogP contribution in [0, 0.1) is 0 Å². The van der Waals surface area contributed by atoms with Gasteiger partial charge in [-0.05, 0) is 44.0 Å². The molecule has 198 valence electrons. The van der Waals surface area contributed by atoms with Crippen molar-refractivity contribution in [1.82, 2.24) is 24.5 Å². The van der Waals surface area contributed by atoms with E-state index in [0.29, 0.717) is 29.4 Å². The van der Waals surface area contributed by atoms with E-state index in [1.54, 1.807) is 37.9 Å². The third-order valence-electron chi connectivity index (χ3n) is 7.31. The molecule has 0 aromatic carbocycles. The van der Waals surface area contributed by atoms with Gasteiger partial charge in [-0.25, -0.2) is 14.5 Å². The predicted octanol–water partition coefficient (Wildman–Crippen LogP) is 2.99. The molecule has 38 heavy (non-hydrogen) atoms. The Kier molecular flexibility index (Phi) is 6.08. The fraction of sp³-hybridized carbons (Fsp3) is 0.393. The zero-order valence-electron chi connectivity index (χ0n) is 21.9. The second-order valence-electron chi connectivity index (χ2n) is 10.8. The molecule has 0 amide bonds. The molecule has 3 saturated heterocycles. The number of ether oxygens (including phenoxy) is 2. The van der Waals surface area contributed by atoms with Gasteiger partial charge in [0.15, 0.2) is 0 Å². The Morgan fingerprint density at radius 3 is 2.55 bits per heavy atom. The lowest BCUT2D eigenvalue weighted by molar-refractivity contribution is -0.00876. The minimum atomic E-state index is -0.947. The Morgan fingerprint density at radius 2 is 1.89 bits per heavy atom. The first-order valence-corrected chi connectivity index (χ1v) is 12.9. The van der Waals surface area contributed by atoms with Crippen LogP contribution in [0.3, 0.4) is 0 Å². The number of anilines is 2. The number of fused-ring (bicyclic) bond motifs is 3. The number of nitrogens with two attached hydrogens (primary N) is 1. The van der Waals surface area contributed by atoms with Crippen LogP contribution in [0.2, 0.25) is 0 Å². The van der Waals surface area contributed by atoms with Crippen LogP contribution in [-0.2, 0) is 6.54 Å². The zero-order chi connectivity index (χ0) is 26.4. The Bertz CT molecular complexity index is 1420. The molecule has 0 radical (unpaired) electrons. The SMILES string of the molecule is COc1ccc(CN2C3CC2CN(c2ccc(-c4cc(OCC(C)(C)O)cn5ncc(N)c45)cn2)C3)cn1. The number of aliphatic hydroxyl groups is 1. The highest BCUT2D eigenvalue weighted by atomic mass is 16.5. The van der Waals surface area contributed by atoms with Crippen molar-refractivity contribution in [2.45, 2.75) is 44.5 Å². The molecule has 10 heteroatoms. The van der Waals surface area contributed by atoms with Gasteiger partial charge in [0.05, 0.1) is 36.3 Å². The van der Waals surface area contributed by atoms with E-state index in [0.717, 1.165) is 42.1 Å². The van der Waals surface area contributed by atoms with Crippen molar-refractivity contribution in [3.63, 3.8) is 0 Å². The molecular weight excluding hydrogens is 482 g/mol. The summed E-state index contributed by atoms with van der Waals surface area (Å²) in [6.45, 7) is 6.39. The average molecular weight is 516 g/mol. The lowest BCUT2D eigenvalue weighted by Gasteiger charge is -2.56. The van der Waals surface area contributed by atoms with Gasteiger partial charge >= 0.3 is 0 Å². The molecule has 4 aromatic heterocycles. The van der Waals surface area contributed by atoms with E-state index in [1.807, 2.05) is 24.5 Å². The highest BCUT2D eigenvalue weighted by Crippen LogP contribution is 2.37. The monoisotopic (exact) mass is 515 g/mol. The summed E-state index contributed by atoms with van der Waals surface area (Å²) < 4.78 is 12.7. The summed E-state index contributed by atoms with van der Waals surface area (Å²) in [5.41, 5.74) is 9.70. The number of nitrogens with zero attached hydrogens (tertiary/aromatic N) is 6. The molecule has 3 aliphatic heterocycles. The molecule has 0 aliphatic carbocycles. The minimum absolute atomic E-state index is 0.162. The van der Waals surface area contributed by atoms with Crippen molar-refractivity contribution in [2.75, 3.05) is 37.4 Å². The Hall–Kier alpha value is -3.89. The smallest absolute Gasteiger partial charge is 0.212 e. The van der Waals surface area contributed by atoms with Crippen LogP contribution in [-0.4, -0.2) is 74.1 Å². The summed E-state index contributed by atoms with van der Waals surface area (Å²) in [7, 11) is 1.64. The van der Waals surface area contributed by atoms with Gasteiger partial charge in [0.25, 0.3) is 0 Å². The van der Waals surface area contributed by atoms with Gasteiger partial charge in [0.1, 0.15) is 18.2 Å². The molecule has 10 nitrogen and oxygen atoms in total. The Balaban J connectivity index is 1.17. The first-order chi connectivity index (χ1) is 18.3. The van der Waals surface area contributed by atoms with Gasteiger partial charge in [-0.2, -0.15) is 5.10 Å². The fourth-order valence-corrected chi connectivity index (χ4v) is 5.38. The van der Waals surface area contributed by atoms with Gasteiger partial charge in [-0.1, -0.05) is 6.07 Å². The third kappa shape index (κ3) is 4.72. The average Bonchev–Trinajstić information content (AvgIpc) is 3.30. The van der Waals surface area contributed by atoms with Gasteiger partial charge in [0, 0.05) is 61.3 Å². The number of rotatable bonds is 8. The number of pyridine rings is 3. The van der Waals surface area contributed by atoms with Crippen molar-refractivity contribution < 1.29 is 14.6 Å². The zero-order valence-corrected chi connectivity index (χ0v) is 21.9. The molecule has 3 fully saturated rings. The van der Waals surface area contributed by atoms with Crippen LogP contribution in [0.15, 0.2) is 55.1 Å². The van der Waals surface area contributed by atoms with Crippen molar-refractivity contribution >= 4 is 17.0 Å². The second-order valence-corrected chi connectivity index (χ2v) is 10.8. The van der Waals surface area contributed by atoms with Crippen molar-refractivity contribution in [2.24, 2.45) is 0 Å². The fourth-order valence-electron chi connectivity index (χ4n) is 5.38. The van der Waals surface area contributed by atoms with Gasteiger partial charge in [-0.3, -0.25) is 4.90 Å². The van der Waals surface area contributed by atoms with Crippen molar-refractivity contribution in [1.29, 1.82) is 0 Å². The lowest BCUT2D eigenvalue weighted by Crippen LogP contribution is -2.68. The summed E-state index contributed by atoms with van der Waals surface area (Å²) in [6, 6.07) is 11.1. The van der Waals surface area contributed by atoms with Crippen LogP contribution >= 0.6 is 0 Å². The van der Waals surface area contributed by atoms with E-state index >= 15 is 0 Å². The Labute approximate surface area is 221 Å². The molecule has 3 aliphatic rings. The summed E-state index contributed by atoms with van der Waals surface area (Å²) in [4.78, 5) is 14.1. The summed E-state index contributed by atoms with van der Waals surface area (Å²) in [5.74, 6) is 2.22. The standard InChI is InChI=1S/C28H33N7O3/c1-28(2,36)17-38-22-9-23(27-24(29)12-32-35(27)16-22)19-5-6-25(30-11-19)33-14-20-8-21(15-33)34(20)13-18-4-7-26(37-3)31-10-18/h4-7,9-12,16,20-21,36H,8,13-15,17,29H2,1-3H3. The molecular formula is C28H33N7O3. The molecule has 0 spiro atoms. The van der Waals surface area contributed by atoms with Crippen LogP contribution in [0.25, 0.3) is 16.6 Å². The molecule has 3 N–H and O–H groups in total. The van der Waals surface area contributed by atoms with Crippen LogP contribution in [0.1, 0.15) is 25.8 Å². The highest BCUT2D eigenvalue weighted by Gasteiger charge is 2.44. The van der Waals surface area contributed by atoms with E-state index in [2.05, 4.69) is 38.1 Å². The summed E-state index contributed by atoms with van der Waals surface area (Å²) in [5, 5.41) is 14.4. The van der Waals surface area contributed by atoms with E-state index in [4.69, 9.17) is 20.2 Å². The van der Waals surface area contributed by atoms with Crippen molar-refractivity contribution in [3.8, 4) is 22.8 Å². The quantitative estimate of drug-likeness (QED) is 0.365. The lowest BCUT2D eigenvalue weighted by atomic mass is 9.87. The molecule has 7 heterocycles. The highest BCUT2D eigenvalue weighted by molar-refractivity contribution is 5.89. The first-order valence-electron chi connectivity index (χ1n) is 12.9. The molecule has 2 atom stereocenters. The number of methoxy groups -OCH3 is 1. The second kappa shape index (κ2) is 9.45. The summed E-state index contributed by atoms with van der Waals surface area (Å²) in [6.07, 6.45) is 8.41. The molecule has 0 saturated carbocycles. The molecule has 7 rings (SSSR count). The molecule has 2 unspecified atom stereocenters. The van der Waals surface area contributed by atoms with Gasteiger partial charge < -0.3 is 25.2 Å². The predicted molar refractivity (Wildman–Crippen MR) is 145 cm³/mol. The van der Waals surface area contributed by atoms with E-state index in [-0.39, 0.29) is 6.61 Å². The minimum Gasteiger partial charge on any atom is -0.489 e. The Morgan fingerprint density at radius 1 is 1.08 bits per heavy atom. The van der Waals surface area contributed by atoms with Crippen molar-refractivity contribution in [3.05, 3.63) is 60.7 Å². The number of hydrogen-bond donors (Lipinski definition) is 2. The number of hydrogen-bond acceptors (Lipinski definition) is 9. The van der Waals surface area contributed by atoms with E-state index in [1.165, 1.54) is 12.0 Å². The largest absolute Gasteiger partial charge is 0.489 e. The van der Waals surface area contributed by atoms with E-state index in [9.17, 15) is 5.11 Å². The molecule has 4 aromatic rings. The summed E-state index contributed by atoms with van der Waals surface area (Å²) >= 11 is 0. The van der Waals surface area contributed by atoms with Gasteiger partial charge in [0.2, 0.25) is 5.88 Å². The van der Waals surface area contributed by atoms with Crippen LogP contribution < -0.4 is 20.1 Å². The maximum absolute atomic E-state index is 10.1.